The van der Waals surface area contributed by atoms with E-state index in [1.807, 2.05) is 6.92 Å². The summed E-state index contributed by atoms with van der Waals surface area (Å²) < 4.78 is 4.87. The second-order valence-corrected chi connectivity index (χ2v) is 5.18. The Labute approximate surface area is 124 Å². The smallest absolute Gasteiger partial charge is 0.325 e. The minimum absolute atomic E-state index is 0.0958. The van der Waals surface area contributed by atoms with Gasteiger partial charge in [0.25, 0.3) is 0 Å². The zero-order valence-corrected chi connectivity index (χ0v) is 12.9. The maximum absolute atomic E-state index is 12.5. The van der Waals surface area contributed by atoms with E-state index in [-0.39, 0.29) is 25.2 Å². The Bertz CT molecular complexity index is 399. The first-order valence-electron chi connectivity index (χ1n) is 7.36. The lowest BCUT2D eigenvalue weighted by atomic mass is 10.0. The van der Waals surface area contributed by atoms with Crippen LogP contribution < -0.4 is 0 Å². The maximum Gasteiger partial charge on any atom is 0.325 e. The van der Waals surface area contributed by atoms with Crippen LogP contribution in [0.15, 0.2) is 0 Å². The van der Waals surface area contributed by atoms with E-state index in [0.717, 1.165) is 6.42 Å². The van der Waals surface area contributed by atoms with Crippen LogP contribution in [-0.4, -0.2) is 65.2 Å². The first-order chi connectivity index (χ1) is 9.92. The third-order valence-electron chi connectivity index (χ3n) is 3.71. The van der Waals surface area contributed by atoms with E-state index >= 15 is 0 Å². The molecule has 0 radical (unpaired) electrons. The Hall–Kier alpha value is -1.79. The molecule has 0 spiro atoms. The summed E-state index contributed by atoms with van der Waals surface area (Å²) in [6.45, 7) is 6.38. The number of likely N-dealkylation sites (tertiary alicyclic amines) is 1. The molecule has 1 N–H and O–H groups in total. The zero-order valence-electron chi connectivity index (χ0n) is 12.9. The van der Waals surface area contributed by atoms with Gasteiger partial charge in [0, 0.05) is 19.1 Å². The third-order valence-corrected chi connectivity index (χ3v) is 3.71. The largest absolute Gasteiger partial charge is 0.481 e. The number of carboxylic acid groups (broad SMARTS) is 1. The van der Waals surface area contributed by atoms with Gasteiger partial charge in [0.2, 0.25) is 0 Å². The number of hydrogen-bond acceptors (Lipinski definition) is 4. The minimum atomic E-state index is -0.884. The van der Waals surface area contributed by atoms with Crippen molar-refractivity contribution in [1.29, 1.82) is 0 Å². The molecule has 1 aliphatic rings. The van der Waals surface area contributed by atoms with Crippen LogP contribution in [0.1, 0.15) is 33.6 Å². The van der Waals surface area contributed by atoms with Gasteiger partial charge in [-0.2, -0.15) is 0 Å². The zero-order chi connectivity index (χ0) is 16.0. The Morgan fingerprint density at radius 3 is 2.48 bits per heavy atom. The number of esters is 1. The molecular formula is C14H24N2O5. The van der Waals surface area contributed by atoms with Gasteiger partial charge in [-0.1, -0.05) is 6.92 Å². The van der Waals surface area contributed by atoms with Crippen molar-refractivity contribution in [3.05, 3.63) is 0 Å². The molecule has 0 aromatic heterocycles. The summed E-state index contributed by atoms with van der Waals surface area (Å²) in [6, 6.07) is -0.655. The number of carbonyl (C=O) groups is 3. The van der Waals surface area contributed by atoms with Gasteiger partial charge in [-0.25, -0.2) is 4.79 Å². The molecule has 2 amide bonds. The molecule has 2 unspecified atom stereocenters. The van der Waals surface area contributed by atoms with Gasteiger partial charge in [0.15, 0.2) is 0 Å². The number of ether oxygens (including phenoxy) is 1. The fourth-order valence-electron chi connectivity index (χ4n) is 2.60. The molecule has 0 aromatic carbocycles. The molecule has 1 aliphatic heterocycles. The molecule has 0 aromatic rings. The number of carbonyl (C=O) groups excluding carboxylic acids is 2. The topological polar surface area (TPSA) is 87.2 Å². The molecule has 7 heteroatoms. The molecule has 2 atom stereocenters. The van der Waals surface area contributed by atoms with Crippen LogP contribution in [0.2, 0.25) is 0 Å². The highest BCUT2D eigenvalue weighted by Crippen LogP contribution is 2.25. The first-order valence-corrected chi connectivity index (χ1v) is 7.36. The minimum Gasteiger partial charge on any atom is -0.481 e. The fraction of sp³-hybridized carbons (Fsp3) is 0.786. The fourth-order valence-corrected chi connectivity index (χ4v) is 2.60. The number of aliphatic carboxylic acids is 1. The predicted octanol–water partition coefficient (Wildman–Crippen LogP) is 1.18. The van der Waals surface area contributed by atoms with Crippen LogP contribution in [0.25, 0.3) is 0 Å². The number of rotatable bonds is 6. The standard InChI is InChI=1S/C14H24N2O5/c1-4-7-15(9-12(17)21-5-2)14(20)16-8-6-11(10(16)3)13(18)19/h10-11H,4-9H2,1-3H3,(H,18,19). The monoisotopic (exact) mass is 300 g/mol. The molecule has 1 fully saturated rings. The highest BCUT2D eigenvalue weighted by atomic mass is 16.5. The van der Waals surface area contributed by atoms with Crippen molar-refractivity contribution in [1.82, 2.24) is 9.80 Å². The van der Waals surface area contributed by atoms with E-state index in [1.54, 1.807) is 13.8 Å². The lowest BCUT2D eigenvalue weighted by molar-refractivity contribution is -0.144. The quantitative estimate of drug-likeness (QED) is 0.744. The van der Waals surface area contributed by atoms with Crippen LogP contribution in [0, 0.1) is 5.92 Å². The molecule has 1 rings (SSSR count). The van der Waals surface area contributed by atoms with Crippen molar-refractivity contribution < 1.29 is 24.2 Å². The second-order valence-electron chi connectivity index (χ2n) is 5.18. The van der Waals surface area contributed by atoms with Crippen molar-refractivity contribution in [3.63, 3.8) is 0 Å². The average Bonchev–Trinajstić information content (AvgIpc) is 2.79. The SMILES string of the molecule is CCCN(CC(=O)OCC)C(=O)N1CCC(C(=O)O)C1C. The second kappa shape index (κ2) is 7.85. The lowest BCUT2D eigenvalue weighted by Crippen LogP contribution is -2.48. The molecule has 1 saturated heterocycles. The van der Waals surface area contributed by atoms with Gasteiger partial charge in [-0.05, 0) is 26.7 Å². The summed E-state index contributed by atoms with van der Waals surface area (Å²) in [6.07, 6.45) is 1.16. The Balaban J connectivity index is 2.72. The summed E-state index contributed by atoms with van der Waals surface area (Å²) in [5.74, 6) is -1.87. The molecule has 21 heavy (non-hydrogen) atoms. The molecule has 120 valence electrons. The number of nitrogens with zero attached hydrogens (tertiary/aromatic N) is 2. The van der Waals surface area contributed by atoms with Crippen molar-refractivity contribution in [3.8, 4) is 0 Å². The average molecular weight is 300 g/mol. The molecule has 1 heterocycles. The Morgan fingerprint density at radius 1 is 1.33 bits per heavy atom. The molecule has 0 aliphatic carbocycles. The predicted molar refractivity (Wildman–Crippen MR) is 75.8 cm³/mol. The van der Waals surface area contributed by atoms with Gasteiger partial charge in [-0.15, -0.1) is 0 Å². The normalized spacial score (nSPS) is 21.2. The number of hydrogen-bond donors (Lipinski definition) is 1. The third kappa shape index (κ3) is 4.34. The van der Waals surface area contributed by atoms with E-state index < -0.39 is 17.9 Å². The molecular weight excluding hydrogens is 276 g/mol. The Kier molecular flexibility index (Phi) is 6.45. The van der Waals surface area contributed by atoms with Crippen LogP contribution in [-0.2, 0) is 14.3 Å². The van der Waals surface area contributed by atoms with Crippen LogP contribution in [0.4, 0.5) is 4.79 Å². The van der Waals surface area contributed by atoms with E-state index in [9.17, 15) is 14.4 Å². The van der Waals surface area contributed by atoms with Crippen LogP contribution in [0.3, 0.4) is 0 Å². The van der Waals surface area contributed by atoms with E-state index in [1.165, 1.54) is 9.80 Å². The summed E-state index contributed by atoms with van der Waals surface area (Å²) in [4.78, 5) is 38.2. The van der Waals surface area contributed by atoms with Crippen LogP contribution in [0.5, 0.6) is 0 Å². The lowest BCUT2D eigenvalue weighted by Gasteiger charge is -2.30. The Morgan fingerprint density at radius 2 is 2.00 bits per heavy atom. The first kappa shape index (κ1) is 17.3. The van der Waals surface area contributed by atoms with Gasteiger partial charge in [0.1, 0.15) is 6.54 Å². The van der Waals surface area contributed by atoms with E-state index in [2.05, 4.69) is 0 Å². The van der Waals surface area contributed by atoms with Crippen molar-refractivity contribution in [2.45, 2.75) is 39.7 Å². The summed E-state index contributed by atoms with van der Waals surface area (Å²) >= 11 is 0. The number of carboxylic acids is 1. The van der Waals surface area contributed by atoms with Crippen molar-refractivity contribution >= 4 is 18.0 Å². The highest BCUT2D eigenvalue weighted by Gasteiger charge is 2.39. The van der Waals surface area contributed by atoms with E-state index in [4.69, 9.17) is 9.84 Å². The van der Waals surface area contributed by atoms with E-state index in [0.29, 0.717) is 19.5 Å². The number of amides is 2. The van der Waals surface area contributed by atoms with Gasteiger partial charge in [0.05, 0.1) is 12.5 Å². The van der Waals surface area contributed by atoms with Crippen LogP contribution >= 0.6 is 0 Å². The number of urea groups is 1. The highest BCUT2D eigenvalue weighted by molar-refractivity contribution is 5.82. The van der Waals surface area contributed by atoms with Gasteiger partial charge >= 0.3 is 18.0 Å². The summed E-state index contributed by atoms with van der Waals surface area (Å²) in [5.41, 5.74) is 0. The van der Waals surface area contributed by atoms with Gasteiger partial charge < -0.3 is 19.6 Å². The summed E-state index contributed by atoms with van der Waals surface area (Å²) in [7, 11) is 0. The molecule has 0 bridgehead atoms. The van der Waals surface area contributed by atoms with Crippen molar-refractivity contribution in [2.75, 3.05) is 26.2 Å². The van der Waals surface area contributed by atoms with Crippen molar-refractivity contribution in [2.24, 2.45) is 5.92 Å². The molecule has 0 saturated carbocycles. The molecule has 7 nitrogen and oxygen atoms in total. The maximum atomic E-state index is 12.5. The van der Waals surface area contributed by atoms with Gasteiger partial charge in [-0.3, -0.25) is 9.59 Å². The summed E-state index contributed by atoms with van der Waals surface area (Å²) in [5, 5.41) is 9.11.